The van der Waals surface area contributed by atoms with E-state index in [1.165, 1.54) is 0 Å². The van der Waals surface area contributed by atoms with Gasteiger partial charge < -0.3 is 10.4 Å². The van der Waals surface area contributed by atoms with Gasteiger partial charge >= 0.3 is 0 Å². The quantitative estimate of drug-likeness (QED) is 0.835. The van der Waals surface area contributed by atoms with Crippen LogP contribution < -0.4 is 5.32 Å². The van der Waals surface area contributed by atoms with Crippen molar-refractivity contribution in [3.63, 3.8) is 0 Å². The predicted octanol–water partition coefficient (Wildman–Crippen LogP) is 1.45. The van der Waals surface area contributed by atoms with Crippen molar-refractivity contribution in [1.29, 1.82) is 0 Å². The Kier molecular flexibility index (Phi) is 3.49. The normalized spacial score (nSPS) is 12.9. The fourth-order valence-corrected chi connectivity index (χ4v) is 1.55. The maximum Gasteiger partial charge on any atom is 0.180 e. The molecule has 90 valence electrons. The Balaban J connectivity index is 2.24. The molecule has 2 aromatic rings. The molecule has 5 nitrogen and oxygen atoms in total. The second-order valence-corrected chi connectivity index (χ2v) is 4.27. The molecule has 0 bridgehead atoms. The van der Waals surface area contributed by atoms with Crippen LogP contribution in [0.15, 0.2) is 24.5 Å². The van der Waals surface area contributed by atoms with Crippen LogP contribution in [-0.2, 0) is 0 Å². The molecule has 0 aliphatic rings. The van der Waals surface area contributed by atoms with Gasteiger partial charge in [-0.05, 0) is 18.1 Å². The fraction of sp³-hybridized carbons (Fsp3) is 0.417. The SMILES string of the molecule is CC(C)C(CO)Nc1ccc2nccnc2n1. The maximum absolute atomic E-state index is 9.25. The minimum absolute atomic E-state index is 0.00313. The summed E-state index contributed by atoms with van der Waals surface area (Å²) in [6.45, 7) is 4.18. The highest BCUT2D eigenvalue weighted by molar-refractivity contribution is 5.71. The number of aliphatic hydroxyl groups excluding tert-OH is 1. The lowest BCUT2D eigenvalue weighted by molar-refractivity contribution is 0.249. The summed E-state index contributed by atoms with van der Waals surface area (Å²) in [6, 6.07) is 3.71. The van der Waals surface area contributed by atoms with E-state index in [9.17, 15) is 5.11 Å². The number of fused-ring (bicyclic) bond motifs is 1. The summed E-state index contributed by atoms with van der Waals surface area (Å²) < 4.78 is 0. The van der Waals surface area contributed by atoms with Gasteiger partial charge in [-0.15, -0.1) is 0 Å². The molecule has 5 heteroatoms. The molecule has 0 spiro atoms. The number of pyridine rings is 1. The van der Waals surface area contributed by atoms with E-state index in [0.29, 0.717) is 17.4 Å². The number of hydrogen-bond donors (Lipinski definition) is 2. The lowest BCUT2D eigenvalue weighted by atomic mass is 10.1. The highest BCUT2D eigenvalue weighted by Gasteiger charge is 2.12. The molecule has 0 aliphatic heterocycles. The molecule has 2 aromatic heterocycles. The average molecular weight is 232 g/mol. The van der Waals surface area contributed by atoms with Crippen LogP contribution in [0.4, 0.5) is 5.82 Å². The second kappa shape index (κ2) is 5.05. The van der Waals surface area contributed by atoms with Gasteiger partial charge in [0.15, 0.2) is 5.65 Å². The average Bonchev–Trinajstić information content (AvgIpc) is 2.35. The largest absolute Gasteiger partial charge is 0.394 e. The molecule has 0 radical (unpaired) electrons. The third-order valence-electron chi connectivity index (χ3n) is 2.67. The third-order valence-corrected chi connectivity index (χ3v) is 2.67. The Labute approximate surface area is 99.9 Å². The molecule has 0 fully saturated rings. The highest BCUT2D eigenvalue weighted by Crippen LogP contribution is 2.13. The summed E-state index contributed by atoms with van der Waals surface area (Å²) in [4.78, 5) is 12.6. The van der Waals surface area contributed by atoms with E-state index in [2.05, 4.69) is 34.1 Å². The first-order chi connectivity index (χ1) is 8.20. The summed E-state index contributed by atoms with van der Waals surface area (Å²) in [5.41, 5.74) is 1.38. The van der Waals surface area contributed by atoms with Gasteiger partial charge in [-0.25, -0.2) is 9.97 Å². The molecule has 2 N–H and O–H groups in total. The van der Waals surface area contributed by atoms with E-state index in [1.54, 1.807) is 12.4 Å². The standard InChI is InChI=1S/C12H16N4O/c1-8(2)10(7-17)15-11-4-3-9-12(16-11)14-6-5-13-9/h3-6,8,10,17H,7H2,1-2H3,(H,14,15,16). The van der Waals surface area contributed by atoms with Gasteiger partial charge in [-0.2, -0.15) is 0 Å². The number of hydrogen-bond acceptors (Lipinski definition) is 5. The van der Waals surface area contributed by atoms with Gasteiger partial charge in [0, 0.05) is 12.4 Å². The molecule has 2 rings (SSSR count). The lowest BCUT2D eigenvalue weighted by Crippen LogP contribution is -2.29. The molecule has 1 unspecified atom stereocenters. The van der Waals surface area contributed by atoms with Crippen molar-refractivity contribution in [2.75, 3.05) is 11.9 Å². The topological polar surface area (TPSA) is 70.9 Å². The van der Waals surface area contributed by atoms with Gasteiger partial charge in [0.1, 0.15) is 11.3 Å². The number of aromatic nitrogens is 3. The van der Waals surface area contributed by atoms with Gasteiger partial charge in [0.2, 0.25) is 0 Å². The van der Waals surface area contributed by atoms with Crippen LogP contribution in [0.5, 0.6) is 0 Å². The van der Waals surface area contributed by atoms with Crippen molar-refractivity contribution in [3.05, 3.63) is 24.5 Å². The van der Waals surface area contributed by atoms with Crippen molar-refractivity contribution < 1.29 is 5.11 Å². The number of nitrogens with zero attached hydrogens (tertiary/aromatic N) is 3. The Bertz CT molecular complexity index is 501. The molecular formula is C12H16N4O. The molecular weight excluding hydrogens is 216 g/mol. The maximum atomic E-state index is 9.25. The molecule has 17 heavy (non-hydrogen) atoms. The molecule has 0 saturated carbocycles. The summed E-state index contributed by atoms with van der Waals surface area (Å²) >= 11 is 0. The van der Waals surface area contributed by atoms with Crippen molar-refractivity contribution >= 4 is 17.0 Å². The smallest absolute Gasteiger partial charge is 0.180 e. The van der Waals surface area contributed by atoms with Crippen LogP contribution in [-0.4, -0.2) is 32.7 Å². The van der Waals surface area contributed by atoms with E-state index in [4.69, 9.17) is 0 Å². The van der Waals surface area contributed by atoms with Gasteiger partial charge in [0.05, 0.1) is 12.6 Å². The first-order valence-electron chi connectivity index (χ1n) is 5.66. The number of aliphatic hydroxyl groups is 1. The van der Waals surface area contributed by atoms with Crippen LogP contribution in [0.2, 0.25) is 0 Å². The summed E-state index contributed by atoms with van der Waals surface area (Å²) in [7, 11) is 0. The molecule has 0 amide bonds. The van der Waals surface area contributed by atoms with Crippen molar-refractivity contribution in [1.82, 2.24) is 15.0 Å². The Morgan fingerprint density at radius 3 is 2.71 bits per heavy atom. The lowest BCUT2D eigenvalue weighted by Gasteiger charge is -2.20. The minimum atomic E-state index is -0.00313. The number of nitrogens with one attached hydrogen (secondary N) is 1. The highest BCUT2D eigenvalue weighted by atomic mass is 16.3. The van der Waals surface area contributed by atoms with E-state index in [1.807, 2.05) is 12.1 Å². The Hall–Kier alpha value is -1.75. The van der Waals surface area contributed by atoms with Gasteiger partial charge in [-0.1, -0.05) is 13.8 Å². The number of rotatable bonds is 4. The Morgan fingerprint density at radius 2 is 2.00 bits per heavy atom. The minimum Gasteiger partial charge on any atom is -0.394 e. The molecule has 0 saturated heterocycles. The Morgan fingerprint density at radius 1 is 1.24 bits per heavy atom. The van der Waals surface area contributed by atoms with Crippen LogP contribution in [0.25, 0.3) is 11.2 Å². The monoisotopic (exact) mass is 232 g/mol. The zero-order valence-electron chi connectivity index (χ0n) is 9.96. The fourth-order valence-electron chi connectivity index (χ4n) is 1.55. The third kappa shape index (κ3) is 2.68. The zero-order valence-corrected chi connectivity index (χ0v) is 9.96. The molecule has 1 atom stereocenters. The first kappa shape index (κ1) is 11.7. The van der Waals surface area contributed by atoms with E-state index < -0.39 is 0 Å². The van der Waals surface area contributed by atoms with E-state index in [-0.39, 0.29) is 12.6 Å². The van der Waals surface area contributed by atoms with Crippen molar-refractivity contribution in [3.8, 4) is 0 Å². The molecule has 0 aliphatic carbocycles. The molecule has 2 heterocycles. The van der Waals surface area contributed by atoms with Crippen LogP contribution in [0, 0.1) is 5.92 Å². The molecule has 0 aromatic carbocycles. The van der Waals surface area contributed by atoms with E-state index >= 15 is 0 Å². The van der Waals surface area contributed by atoms with Crippen LogP contribution in [0.1, 0.15) is 13.8 Å². The first-order valence-corrected chi connectivity index (χ1v) is 5.66. The summed E-state index contributed by atoms with van der Waals surface area (Å²) in [6.07, 6.45) is 3.26. The zero-order chi connectivity index (χ0) is 12.3. The number of anilines is 1. The second-order valence-electron chi connectivity index (χ2n) is 4.27. The van der Waals surface area contributed by atoms with Gasteiger partial charge in [0.25, 0.3) is 0 Å². The predicted molar refractivity (Wildman–Crippen MR) is 66.7 cm³/mol. The van der Waals surface area contributed by atoms with Crippen molar-refractivity contribution in [2.45, 2.75) is 19.9 Å². The van der Waals surface area contributed by atoms with Crippen molar-refractivity contribution in [2.24, 2.45) is 5.92 Å². The summed E-state index contributed by atoms with van der Waals surface area (Å²) in [5.74, 6) is 1.05. The summed E-state index contributed by atoms with van der Waals surface area (Å²) in [5, 5.41) is 12.4. The van der Waals surface area contributed by atoms with E-state index in [0.717, 1.165) is 5.52 Å². The van der Waals surface area contributed by atoms with Crippen LogP contribution in [0.3, 0.4) is 0 Å². The van der Waals surface area contributed by atoms with Gasteiger partial charge in [-0.3, -0.25) is 4.98 Å². The van der Waals surface area contributed by atoms with Crippen LogP contribution >= 0.6 is 0 Å².